The van der Waals surface area contributed by atoms with E-state index in [1.54, 1.807) is 25.1 Å². The van der Waals surface area contributed by atoms with Crippen LogP contribution in [0.1, 0.15) is 5.56 Å². The highest BCUT2D eigenvalue weighted by Gasteiger charge is 2.21. The average molecular weight is 429 g/mol. The van der Waals surface area contributed by atoms with E-state index in [-0.39, 0.29) is 23.7 Å². The van der Waals surface area contributed by atoms with Gasteiger partial charge in [-0.25, -0.2) is 4.39 Å². The zero-order valence-electron chi connectivity index (χ0n) is 17.1. The maximum absolute atomic E-state index is 13.1. The molecule has 0 aromatic heterocycles. The van der Waals surface area contributed by atoms with Crippen LogP contribution >= 0.6 is 0 Å². The summed E-state index contributed by atoms with van der Waals surface area (Å²) >= 11 is 0. The van der Waals surface area contributed by atoms with Crippen LogP contribution in [0.15, 0.2) is 42.5 Å². The highest BCUT2D eigenvalue weighted by molar-refractivity contribution is 6.39. The van der Waals surface area contributed by atoms with Gasteiger partial charge in [-0.15, -0.1) is 0 Å². The van der Waals surface area contributed by atoms with E-state index in [0.29, 0.717) is 12.1 Å². The number of nitro groups is 1. The number of benzene rings is 2. The number of nitrogens with zero attached hydrogens (tertiary/aromatic N) is 3. The third kappa shape index (κ3) is 5.98. The van der Waals surface area contributed by atoms with Crippen LogP contribution < -0.4 is 15.5 Å². The first-order valence-electron chi connectivity index (χ1n) is 9.90. The predicted octanol–water partition coefficient (Wildman–Crippen LogP) is 1.92. The van der Waals surface area contributed by atoms with Gasteiger partial charge in [0.1, 0.15) is 11.5 Å². The molecule has 1 aliphatic rings. The Morgan fingerprint density at radius 1 is 1.06 bits per heavy atom. The van der Waals surface area contributed by atoms with Gasteiger partial charge in [-0.05, 0) is 42.8 Å². The maximum Gasteiger partial charge on any atom is 0.313 e. The van der Waals surface area contributed by atoms with Crippen molar-refractivity contribution in [2.75, 3.05) is 49.5 Å². The molecule has 2 N–H and O–H groups in total. The van der Waals surface area contributed by atoms with Crippen molar-refractivity contribution in [1.82, 2.24) is 10.2 Å². The summed E-state index contributed by atoms with van der Waals surface area (Å²) in [4.78, 5) is 39.0. The van der Waals surface area contributed by atoms with Crippen molar-refractivity contribution in [2.45, 2.75) is 6.92 Å². The number of piperazine rings is 1. The maximum atomic E-state index is 13.1. The third-order valence-electron chi connectivity index (χ3n) is 5.08. The van der Waals surface area contributed by atoms with Crippen LogP contribution in [-0.4, -0.2) is 60.9 Å². The molecule has 0 atom stereocenters. The van der Waals surface area contributed by atoms with Crippen LogP contribution in [0.25, 0.3) is 0 Å². The lowest BCUT2D eigenvalue weighted by Gasteiger charge is -2.36. The Kier molecular flexibility index (Phi) is 7.14. The van der Waals surface area contributed by atoms with Crippen molar-refractivity contribution >= 4 is 28.9 Å². The average Bonchev–Trinajstić information content (AvgIpc) is 2.75. The normalized spacial score (nSPS) is 14.2. The van der Waals surface area contributed by atoms with Crippen molar-refractivity contribution in [3.63, 3.8) is 0 Å². The Morgan fingerprint density at radius 2 is 1.74 bits per heavy atom. The van der Waals surface area contributed by atoms with Crippen LogP contribution in [0.2, 0.25) is 0 Å². The van der Waals surface area contributed by atoms with Crippen LogP contribution in [0.5, 0.6) is 0 Å². The first-order chi connectivity index (χ1) is 14.8. The van der Waals surface area contributed by atoms with Crippen molar-refractivity contribution in [2.24, 2.45) is 0 Å². The summed E-state index contributed by atoms with van der Waals surface area (Å²) in [5.41, 5.74) is 1.36. The fourth-order valence-electron chi connectivity index (χ4n) is 3.37. The van der Waals surface area contributed by atoms with Crippen LogP contribution in [0, 0.1) is 22.9 Å². The standard InChI is InChI=1S/C21H24FN5O4/c1-15-2-7-18(19(14-15)27(30)31)24-21(29)20(28)23-8-9-25-10-12-26(13-11-25)17-5-3-16(22)4-6-17/h2-7,14H,8-13H2,1H3,(H,23,28)(H,24,29). The van der Waals surface area contributed by atoms with E-state index in [0.717, 1.165) is 31.9 Å². The highest BCUT2D eigenvalue weighted by Crippen LogP contribution is 2.25. The summed E-state index contributed by atoms with van der Waals surface area (Å²) in [5, 5.41) is 16.0. The zero-order valence-corrected chi connectivity index (χ0v) is 17.1. The van der Waals surface area contributed by atoms with Gasteiger partial charge in [0.15, 0.2) is 0 Å². The summed E-state index contributed by atoms with van der Waals surface area (Å²) in [5.74, 6) is -2.06. The summed E-state index contributed by atoms with van der Waals surface area (Å²) in [6.07, 6.45) is 0. The topological polar surface area (TPSA) is 108 Å². The molecule has 0 bridgehead atoms. The molecule has 0 radical (unpaired) electrons. The summed E-state index contributed by atoms with van der Waals surface area (Å²) in [6.45, 7) is 5.64. The molecular formula is C21H24FN5O4. The monoisotopic (exact) mass is 429 g/mol. The molecule has 0 unspecified atom stereocenters. The molecule has 1 aliphatic heterocycles. The number of hydrogen-bond acceptors (Lipinski definition) is 6. The second kappa shape index (κ2) is 9.98. The fourth-order valence-corrected chi connectivity index (χ4v) is 3.37. The van der Waals surface area contributed by atoms with E-state index in [1.807, 2.05) is 0 Å². The predicted molar refractivity (Wildman–Crippen MR) is 115 cm³/mol. The van der Waals surface area contributed by atoms with Gasteiger partial charge in [0.05, 0.1) is 4.92 Å². The summed E-state index contributed by atoms with van der Waals surface area (Å²) < 4.78 is 13.1. The molecule has 2 aromatic rings. The molecule has 31 heavy (non-hydrogen) atoms. The highest BCUT2D eigenvalue weighted by atomic mass is 19.1. The van der Waals surface area contributed by atoms with Crippen LogP contribution in [0.4, 0.5) is 21.5 Å². The van der Waals surface area contributed by atoms with Gasteiger partial charge in [0, 0.05) is 51.0 Å². The van der Waals surface area contributed by atoms with E-state index < -0.39 is 16.7 Å². The van der Waals surface area contributed by atoms with Gasteiger partial charge in [-0.1, -0.05) is 6.07 Å². The Morgan fingerprint density at radius 3 is 2.39 bits per heavy atom. The number of hydrogen-bond donors (Lipinski definition) is 2. The van der Waals surface area contributed by atoms with Crippen molar-refractivity contribution in [3.05, 3.63) is 64.0 Å². The second-order valence-corrected chi connectivity index (χ2v) is 7.29. The Hall–Kier alpha value is -3.53. The van der Waals surface area contributed by atoms with Crippen LogP contribution in [0.3, 0.4) is 0 Å². The number of nitrogens with one attached hydrogen (secondary N) is 2. The third-order valence-corrected chi connectivity index (χ3v) is 5.08. The van der Waals surface area contributed by atoms with Gasteiger partial charge >= 0.3 is 11.8 Å². The molecule has 10 heteroatoms. The molecule has 1 heterocycles. The summed E-state index contributed by atoms with van der Waals surface area (Å²) in [7, 11) is 0. The number of amides is 2. The molecule has 164 valence electrons. The second-order valence-electron chi connectivity index (χ2n) is 7.29. The zero-order chi connectivity index (χ0) is 22.4. The number of rotatable bonds is 6. The SMILES string of the molecule is Cc1ccc(NC(=O)C(=O)NCCN2CCN(c3ccc(F)cc3)CC2)c([N+](=O)[O-])c1. The van der Waals surface area contributed by atoms with E-state index >= 15 is 0 Å². The summed E-state index contributed by atoms with van der Waals surface area (Å²) in [6, 6.07) is 10.7. The molecule has 0 spiro atoms. The van der Waals surface area contributed by atoms with Gasteiger partial charge in [0.2, 0.25) is 0 Å². The van der Waals surface area contributed by atoms with Crippen molar-refractivity contribution in [3.8, 4) is 0 Å². The van der Waals surface area contributed by atoms with Crippen molar-refractivity contribution in [1.29, 1.82) is 0 Å². The fraction of sp³-hybridized carbons (Fsp3) is 0.333. The molecule has 3 rings (SSSR count). The lowest BCUT2D eigenvalue weighted by Crippen LogP contribution is -2.49. The number of halogens is 1. The lowest BCUT2D eigenvalue weighted by atomic mass is 10.2. The molecule has 1 saturated heterocycles. The van der Waals surface area contributed by atoms with Gasteiger partial charge in [-0.2, -0.15) is 0 Å². The van der Waals surface area contributed by atoms with E-state index in [4.69, 9.17) is 0 Å². The Balaban J connectivity index is 1.42. The Bertz CT molecular complexity index is 959. The van der Waals surface area contributed by atoms with E-state index in [9.17, 15) is 24.1 Å². The molecule has 0 saturated carbocycles. The van der Waals surface area contributed by atoms with Crippen LogP contribution in [-0.2, 0) is 9.59 Å². The molecule has 2 aromatic carbocycles. The Labute approximate surface area is 179 Å². The molecule has 2 amide bonds. The van der Waals surface area contributed by atoms with Gasteiger partial charge in [0.25, 0.3) is 5.69 Å². The first kappa shape index (κ1) is 22.2. The van der Waals surface area contributed by atoms with E-state index in [2.05, 4.69) is 20.4 Å². The number of nitro benzene ring substituents is 1. The first-order valence-corrected chi connectivity index (χ1v) is 9.90. The number of anilines is 2. The minimum Gasteiger partial charge on any atom is -0.369 e. The molecule has 9 nitrogen and oxygen atoms in total. The van der Waals surface area contributed by atoms with E-state index in [1.165, 1.54) is 24.3 Å². The van der Waals surface area contributed by atoms with Gasteiger partial charge in [-0.3, -0.25) is 24.6 Å². The number of carbonyl (C=O) groups is 2. The number of aryl methyl sites for hydroxylation is 1. The molecule has 1 fully saturated rings. The smallest absolute Gasteiger partial charge is 0.313 e. The van der Waals surface area contributed by atoms with Crippen molar-refractivity contribution < 1.29 is 18.9 Å². The minimum absolute atomic E-state index is 0.0207. The largest absolute Gasteiger partial charge is 0.369 e. The molecular weight excluding hydrogens is 405 g/mol. The molecule has 0 aliphatic carbocycles. The van der Waals surface area contributed by atoms with Gasteiger partial charge < -0.3 is 15.5 Å². The lowest BCUT2D eigenvalue weighted by molar-refractivity contribution is -0.384. The minimum atomic E-state index is -0.951. The quantitative estimate of drug-likeness (QED) is 0.413. The number of carbonyl (C=O) groups excluding carboxylic acids is 2.